The lowest BCUT2D eigenvalue weighted by atomic mass is 10.1. The van der Waals surface area contributed by atoms with Crippen LogP contribution in [0, 0.1) is 0 Å². The van der Waals surface area contributed by atoms with Crippen molar-refractivity contribution in [2.24, 2.45) is 10.2 Å². The second-order valence-corrected chi connectivity index (χ2v) is 9.06. The maximum absolute atomic E-state index is 13.4. The third-order valence-corrected chi connectivity index (χ3v) is 6.53. The van der Waals surface area contributed by atoms with Gasteiger partial charge in [0.2, 0.25) is 5.13 Å². The minimum Gasteiger partial charge on any atom is -0.497 e. The molecule has 7 nitrogen and oxygen atoms in total. The van der Waals surface area contributed by atoms with Crippen molar-refractivity contribution in [2.45, 2.75) is 0 Å². The molecule has 0 saturated carbocycles. The van der Waals surface area contributed by atoms with Crippen LogP contribution in [0.15, 0.2) is 93.2 Å². The maximum atomic E-state index is 13.4. The molecule has 5 aromatic rings. The van der Waals surface area contributed by atoms with Gasteiger partial charge in [-0.15, -0.1) is 21.6 Å². The minimum atomic E-state index is -0.381. The molecule has 0 fully saturated rings. The van der Waals surface area contributed by atoms with E-state index in [2.05, 4.69) is 20.3 Å². The third kappa shape index (κ3) is 4.77. The number of aromatic nitrogens is 3. The summed E-state index contributed by atoms with van der Waals surface area (Å²) >= 11 is 13.5. The topological polar surface area (TPSA) is 84.6 Å². The number of hydrogen-bond acceptors (Lipinski definition) is 6. The average Bonchev–Trinajstić information content (AvgIpc) is 3.49. The van der Waals surface area contributed by atoms with E-state index in [9.17, 15) is 4.79 Å². The highest BCUT2D eigenvalue weighted by atomic mass is 35.5. The Morgan fingerprint density at radius 1 is 0.971 bits per heavy atom. The van der Waals surface area contributed by atoms with Gasteiger partial charge in [0.25, 0.3) is 0 Å². The van der Waals surface area contributed by atoms with Gasteiger partial charge in [0, 0.05) is 21.5 Å². The normalized spacial score (nSPS) is 11.3. The summed E-state index contributed by atoms with van der Waals surface area (Å²) in [6.45, 7) is 0. The first-order chi connectivity index (χ1) is 17.0. The second-order valence-electron chi connectivity index (χ2n) is 7.38. The molecule has 0 amide bonds. The van der Waals surface area contributed by atoms with Crippen LogP contribution in [0.4, 0.5) is 11.4 Å². The lowest BCUT2D eigenvalue weighted by Gasteiger charge is -2.00. The first kappa shape index (κ1) is 23.0. The number of hydrogen-bond donors (Lipinski definition) is 1. The second kappa shape index (κ2) is 9.87. The van der Waals surface area contributed by atoms with Crippen LogP contribution in [-0.4, -0.2) is 21.9 Å². The number of H-pyrrole nitrogens is 1. The minimum absolute atomic E-state index is 0.142. The Hall–Kier alpha value is -3.72. The zero-order valence-corrected chi connectivity index (χ0v) is 20.6. The number of aromatic amines is 1. The average molecular weight is 522 g/mol. The highest BCUT2D eigenvalue weighted by Gasteiger charge is 2.19. The lowest BCUT2D eigenvalue weighted by Crippen LogP contribution is -2.13. The van der Waals surface area contributed by atoms with Crippen molar-refractivity contribution >= 4 is 45.9 Å². The monoisotopic (exact) mass is 521 g/mol. The Balaban J connectivity index is 1.58. The van der Waals surface area contributed by atoms with Crippen LogP contribution < -0.4 is 10.3 Å². The van der Waals surface area contributed by atoms with Crippen molar-refractivity contribution < 1.29 is 4.74 Å². The van der Waals surface area contributed by atoms with E-state index in [0.29, 0.717) is 26.6 Å². The number of ether oxygens (including phenoxy) is 1. The zero-order valence-electron chi connectivity index (χ0n) is 18.3. The molecule has 0 radical (unpaired) electrons. The fraction of sp³-hybridized carbons (Fsp3) is 0.0400. The van der Waals surface area contributed by atoms with Crippen molar-refractivity contribution in [3.05, 3.63) is 98.6 Å². The molecule has 5 rings (SSSR count). The standard InChI is InChI=1S/C25H17Cl2N5O2S/c1-34-18-10-7-15(8-11-18)21-14-35-25(28-21)32-24(33)23(22(31-32)16-5-3-2-4-6-16)30-29-20-12-9-17(26)13-19(20)27/h2-14,31H,1H3. The van der Waals surface area contributed by atoms with Gasteiger partial charge >= 0.3 is 5.56 Å². The number of benzene rings is 3. The quantitative estimate of drug-likeness (QED) is 0.232. The van der Waals surface area contributed by atoms with Gasteiger partial charge in [0.15, 0.2) is 5.69 Å². The molecule has 3 aromatic carbocycles. The van der Waals surface area contributed by atoms with Crippen LogP contribution in [0.3, 0.4) is 0 Å². The Kier molecular flexibility index (Phi) is 6.50. The highest BCUT2D eigenvalue weighted by Crippen LogP contribution is 2.32. The lowest BCUT2D eigenvalue weighted by molar-refractivity contribution is 0.415. The molecule has 0 bridgehead atoms. The SMILES string of the molecule is COc1ccc(-c2csc(-n3[nH]c(-c4ccccc4)c(N=Nc4ccc(Cl)cc4Cl)c3=O)n2)cc1. The Morgan fingerprint density at radius 3 is 2.46 bits per heavy atom. The van der Waals surface area contributed by atoms with Gasteiger partial charge in [-0.25, -0.2) is 4.98 Å². The number of azo groups is 1. The summed E-state index contributed by atoms with van der Waals surface area (Å²) in [5.74, 6) is 0.757. The summed E-state index contributed by atoms with van der Waals surface area (Å²) in [7, 11) is 1.62. The Morgan fingerprint density at radius 2 is 1.74 bits per heavy atom. The molecule has 10 heteroatoms. The molecule has 2 heterocycles. The van der Waals surface area contributed by atoms with E-state index in [-0.39, 0.29) is 11.2 Å². The molecule has 174 valence electrons. The van der Waals surface area contributed by atoms with Gasteiger partial charge in [-0.3, -0.25) is 9.89 Å². The number of methoxy groups -OCH3 is 1. The van der Waals surface area contributed by atoms with Crippen molar-refractivity contribution in [2.75, 3.05) is 7.11 Å². The molecule has 35 heavy (non-hydrogen) atoms. The molecule has 0 saturated heterocycles. The summed E-state index contributed by atoms with van der Waals surface area (Å²) in [4.78, 5) is 18.1. The molecule has 1 N–H and O–H groups in total. The van der Waals surface area contributed by atoms with Crippen LogP contribution >= 0.6 is 34.5 Å². The summed E-state index contributed by atoms with van der Waals surface area (Å²) in [6, 6.07) is 21.9. The number of halogens is 2. The van der Waals surface area contributed by atoms with Gasteiger partial charge in [0.1, 0.15) is 11.4 Å². The molecule has 0 spiro atoms. The van der Waals surface area contributed by atoms with Crippen molar-refractivity contribution in [3.8, 4) is 33.4 Å². The fourth-order valence-corrected chi connectivity index (χ4v) is 4.63. The van der Waals surface area contributed by atoms with Crippen LogP contribution in [0.5, 0.6) is 5.75 Å². The van der Waals surface area contributed by atoms with E-state index in [1.54, 1.807) is 25.3 Å². The summed E-state index contributed by atoms with van der Waals surface area (Å²) in [5.41, 5.74) is 3.12. The Bertz CT molecular complexity index is 1570. The van der Waals surface area contributed by atoms with Crippen LogP contribution in [0.2, 0.25) is 10.0 Å². The van der Waals surface area contributed by atoms with E-state index < -0.39 is 0 Å². The van der Waals surface area contributed by atoms with Gasteiger partial charge in [-0.05, 0) is 42.5 Å². The van der Waals surface area contributed by atoms with Gasteiger partial charge in [-0.2, -0.15) is 4.68 Å². The van der Waals surface area contributed by atoms with Crippen molar-refractivity contribution in [1.82, 2.24) is 14.8 Å². The molecular formula is C25H17Cl2N5O2S. The number of nitrogens with zero attached hydrogens (tertiary/aromatic N) is 4. The molecule has 0 aliphatic carbocycles. The predicted octanol–water partition coefficient (Wildman–Crippen LogP) is 7.69. The van der Waals surface area contributed by atoms with Gasteiger partial charge < -0.3 is 4.74 Å². The number of thiazole rings is 1. The maximum Gasteiger partial charge on any atom is 0.301 e. The smallest absolute Gasteiger partial charge is 0.301 e. The van der Waals surface area contributed by atoms with Crippen LogP contribution in [0.25, 0.3) is 27.6 Å². The molecule has 0 aliphatic rings. The summed E-state index contributed by atoms with van der Waals surface area (Å²) in [6.07, 6.45) is 0. The van der Waals surface area contributed by atoms with Gasteiger partial charge in [-0.1, -0.05) is 53.5 Å². The highest BCUT2D eigenvalue weighted by molar-refractivity contribution is 7.12. The van der Waals surface area contributed by atoms with Gasteiger partial charge in [0.05, 0.1) is 23.5 Å². The molecule has 0 atom stereocenters. The van der Waals surface area contributed by atoms with E-state index in [4.69, 9.17) is 27.9 Å². The largest absolute Gasteiger partial charge is 0.497 e. The van der Waals surface area contributed by atoms with E-state index >= 15 is 0 Å². The van der Waals surface area contributed by atoms with Crippen molar-refractivity contribution in [3.63, 3.8) is 0 Å². The molecule has 0 unspecified atom stereocenters. The molecule has 0 aliphatic heterocycles. The van der Waals surface area contributed by atoms with Crippen LogP contribution in [0.1, 0.15) is 0 Å². The van der Waals surface area contributed by atoms with E-state index in [0.717, 1.165) is 22.6 Å². The number of nitrogens with one attached hydrogen (secondary N) is 1. The molecular weight excluding hydrogens is 505 g/mol. The Labute approximate surface area is 214 Å². The molecule has 2 aromatic heterocycles. The number of rotatable bonds is 6. The third-order valence-electron chi connectivity index (χ3n) is 5.17. The first-order valence-corrected chi connectivity index (χ1v) is 12.0. The van der Waals surface area contributed by atoms with E-state index in [1.165, 1.54) is 16.0 Å². The fourth-order valence-electron chi connectivity index (χ4n) is 3.39. The van der Waals surface area contributed by atoms with E-state index in [1.807, 2.05) is 60.0 Å². The summed E-state index contributed by atoms with van der Waals surface area (Å²) in [5, 5.41) is 14.8. The van der Waals surface area contributed by atoms with Crippen molar-refractivity contribution in [1.29, 1.82) is 0 Å². The van der Waals surface area contributed by atoms with Crippen LogP contribution in [-0.2, 0) is 0 Å². The first-order valence-electron chi connectivity index (χ1n) is 10.4. The summed E-state index contributed by atoms with van der Waals surface area (Å²) < 4.78 is 6.59. The zero-order chi connectivity index (χ0) is 24.4. The predicted molar refractivity (Wildman–Crippen MR) is 140 cm³/mol.